The van der Waals surface area contributed by atoms with Crippen molar-refractivity contribution >= 4 is 10.9 Å². The summed E-state index contributed by atoms with van der Waals surface area (Å²) in [6, 6.07) is 10.7. The van der Waals surface area contributed by atoms with Crippen molar-refractivity contribution in [3.63, 3.8) is 0 Å². The van der Waals surface area contributed by atoms with Crippen LogP contribution in [0, 0.1) is 0 Å². The van der Waals surface area contributed by atoms with Crippen LogP contribution in [0.15, 0.2) is 42.5 Å². The van der Waals surface area contributed by atoms with Crippen molar-refractivity contribution < 1.29 is 4.74 Å². The van der Waals surface area contributed by atoms with Gasteiger partial charge in [0.05, 0.1) is 5.52 Å². The standard InChI is InChI=1S/C17H22N2O/c1-4-5-10-20-17-11-14(12-18-13(2)3)15-8-6-7-9-16(15)19-17/h4-9,11,13,18H,10,12H2,1-3H3. The van der Waals surface area contributed by atoms with E-state index in [1.165, 1.54) is 10.9 Å². The molecule has 0 unspecified atom stereocenters. The summed E-state index contributed by atoms with van der Waals surface area (Å²) in [7, 11) is 0. The van der Waals surface area contributed by atoms with Crippen molar-refractivity contribution in [3.8, 4) is 5.88 Å². The second-order valence-electron chi connectivity index (χ2n) is 5.05. The highest BCUT2D eigenvalue weighted by Gasteiger charge is 2.06. The molecule has 0 aliphatic heterocycles. The number of hydrogen-bond acceptors (Lipinski definition) is 3. The Labute approximate surface area is 120 Å². The number of pyridine rings is 1. The first-order chi connectivity index (χ1) is 9.70. The maximum Gasteiger partial charge on any atom is 0.214 e. The third-order valence-corrected chi connectivity index (χ3v) is 3.04. The zero-order valence-corrected chi connectivity index (χ0v) is 12.4. The molecule has 0 bridgehead atoms. The van der Waals surface area contributed by atoms with Gasteiger partial charge in [-0.1, -0.05) is 44.2 Å². The second kappa shape index (κ2) is 7.06. The molecular formula is C17H22N2O. The highest BCUT2D eigenvalue weighted by Crippen LogP contribution is 2.22. The molecular weight excluding hydrogens is 248 g/mol. The smallest absolute Gasteiger partial charge is 0.214 e. The lowest BCUT2D eigenvalue weighted by molar-refractivity contribution is 0.349. The molecule has 0 aliphatic rings. The predicted octanol–water partition coefficient (Wildman–Crippen LogP) is 3.69. The molecule has 1 aromatic heterocycles. The van der Waals surface area contributed by atoms with E-state index in [2.05, 4.69) is 30.2 Å². The number of nitrogens with zero attached hydrogens (tertiary/aromatic N) is 1. The van der Waals surface area contributed by atoms with Crippen molar-refractivity contribution in [2.24, 2.45) is 0 Å². The van der Waals surface area contributed by atoms with Gasteiger partial charge in [-0.25, -0.2) is 4.98 Å². The van der Waals surface area contributed by atoms with Gasteiger partial charge in [0.2, 0.25) is 5.88 Å². The molecule has 1 N–H and O–H groups in total. The Hall–Kier alpha value is -1.87. The average Bonchev–Trinajstić information content (AvgIpc) is 2.45. The van der Waals surface area contributed by atoms with Crippen LogP contribution >= 0.6 is 0 Å². The fraction of sp³-hybridized carbons (Fsp3) is 0.353. The molecule has 0 spiro atoms. The molecule has 0 atom stereocenters. The summed E-state index contributed by atoms with van der Waals surface area (Å²) in [5, 5.41) is 4.63. The Balaban J connectivity index is 2.30. The van der Waals surface area contributed by atoms with E-state index >= 15 is 0 Å². The van der Waals surface area contributed by atoms with Crippen LogP contribution in [0.3, 0.4) is 0 Å². The van der Waals surface area contributed by atoms with Crippen molar-refractivity contribution in [1.29, 1.82) is 0 Å². The Morgan fingerprint density at radius 3 is 2.85 bits per heavy atom. The molecule has 1 aromatic carbocycles. The van der Waals surface area contributed by atoms with Crippen molar-refractivity contribution in [2.45, 2.75) is 33.4 Å². The summed E-state index contributed by atoms with van der Waals surface area (Å²) in [6.07, 6.45) is 3.95. The third kappa shape index (κ3) is 3.81. The molecule has 3 nitrogen and oxygen atoms in total. The van der Waals surface area contributed by atoms with Gasteiger partial charge in [0.15, 0.2) is 0 Å². The lowest BCUT2D eigenvalue weighted by atomic mass is 10.1. The quantitative estimate of drug-likeness (QED) is 0.813. The molecule has 0 fully saturated rings. The molecule has 0 saturated heterocycles. The SMILES string of the molecule is CC=CCOc1cc(CNC(C)C)c2ccccc2n1. The first kappa shape index (κ1) is 14.5. The molecule has 0 saturated carbocycles. The van der Waals surface area contributed by atoms with Crippen LogP contribution in [-0.2, 0) is 6.54 Å². The van der Waals surface area contributed by atoms with Crippen LogP contribution in [0.4, 0.5) is 0 Å². The van der Waals surface area contributed by atoms with E-state index in [-0.39, 0.29) is 0 Å². The van der Waals surface area contributed by atoms with Crippen LogP contribution in [0.1, 0.15) is 26.3 Å². The molecule has 20 heavy (non-hydrogen) atoms. The number of nitrogens with one attached hydrogen (secondary N) is 1. The van der Waals surface area contributed by atoms with E-state index in [4.69, 9.17) is 4.74 Å². The summed E-state index contributed by atoms with van der Waals surface area (Å²) in [4.78, 5) is 4.55. The van der Waals surface area contributed by atoms with Gasteiger partial charge in [0, 0.05) is 24.0 Å². The summed E-state index contributed by atoms with van der Waals surface area (Å²) >= 11 is 0. The monoisotopic (exact) mass is 270 g/mol. The van der Waals surface area contributed by atoms with Gasteiger partial charge in [-0.05, 0) is 18.6 Å². The zero-order chi connectivity index (χ0) is 14.4. The Morgan fingerprint density at radius 1 is 1.30 bits per heavy atom. The minimum atomic E-state index is 0.453. The third-order valence-electron chi connectivity index (χ3n) is 3.04. The normalized spacial score (nSPS) is 11.6. The maximum atomic E-state index is 5.68. The first-order valence-electron chi connectivity index (χ1n) is 7.06. The van der Waals surface area contributed by atoms with E-state index in [1.807, 2.05) is 43.3 Å². The van der Waals surface area contributed by atoms with E-state index in [0.29, 0.717) is 18.5 Å². The molecule has 2 aromatic rings. The predicted molar refractivity (Wildman–Crippen MR) is 84.0 cm³/mol. The van der Waals surface area contributed by atoms with Crippen LogP contribution in [0.25, 0.3) is 10.9 Å². The van der Waals surface area contributed by atoms with Crippen molar-refractivity contribution in [2.75, 3.05) is 6.61 Å². The fourth-order valence-electron chi connectivity index (χ4n) is 1.98. The number of rotatable bonds is 6. The topological polar surface area (TPSA) is 34.1 Å². The second-order valence-corrected chi connectivity index (χ2v) is 5.05. The number of hydrogen-bond donors (Lipinski definition) is 1. The highest BCUT2D eigenvalue weighted by molar-refractivity contribution is 5.82. The summed E-state index contributed by atoms with van der Waals surface area (Å²) in [5.74, 6) is 0.683. The zero-order valence-electron chi connectivity index (χ0n) is 12.4. The van der Waals surface area contributed by atoms with Gasteiger partial charge in [-0.2, -0.15) is 0 Å². The summed E-state index contributed by atoms with van der Waals surface area (Å²) in [5.41, 5.74) is 2.20. The lowest BCUT2D eigenvalue weighted by Crippen LogP contribution is -2.22. The van der Waals surface area contributed by atoms with Crippen molar-refractivity contribution in [1.82, 2.24) is 10.3 Å². The minimum Gasteiger partial charge on any atom is -0.473 e. The molecule has 0 radical (unpaired) electrons. The average molecular weight is 270 g/mol. The van der Waals surface area contributed by atoms with E-state index in [0.717, 1.165) is 12.1 Å². The van der Waals surface area contributed by atoms with Gasteiger partial charge >= 0.3 is 0 Å². The number of fused-ring (bicyclic) bond motifs is 1. The van der Waals surface area contributed by atoms with Crippen molar-refractivity contribution in [3.05, 3.63) is 48.0 Å². The Bertz CT molecular complexity index is 591. The molecule has 2 rings (SSSR count). The highest BCUT2D eigenvalue weighted by atomic mass is 16.5. The van der Waals surface area contributed by atoms with E-state index < -0.39 is 0 Å². The van der Waals surface area contributed by atoms with Gasteiger partial charge in [-0.15, -0.1) is 0 Å². The van der Waals surface area contributed by atoms with Gasteiger partial charge in [-0.3, -0.25) is 0 Å². The molecule has 0 amide bonds. The number of allylic oxidation sites excluding steroid dienone is 1. The molecule has 0 aliphatic carbocycles. The van der Waals surface area contributed by atoms with E-state index in [9.17, 15) is 0 Å². The lowest BCUT2D eigenvalue weighted by Gasteiger charge is -2.12. The van der Waals surface area contributed by atoms with Gasteiger partial charge < -0.3 is 10.1 Å². The summed E-state index contributed by atoms with van der Waals surface area (Å²) in [6.45, 7) is 7.65. The molecule has 3 heteroatoms. The number of para-hydroxylation sites is 1. The number of ether oxygens (including phenoxy) is 1. The number of aromatic nitrogens is 1. The number of benzene rings is 1. The van der Waals surface area contributed by atoms with Gasteiger partial charge in [0.25, 0.3) is 0 Å². The fourth-order valence-corrected chi connectivity index (χ4v) is 1.98. The molecule has 106 valence electrons. The van der Waals surface area contributed by atoms with Crippen LogP contribution in [0.5, 0.6) is 5.88 Å². The van der Waals surface area contributed by atoms with Crippen LogP contribution in [-0.4, -0.2) is 17.6 Å². The van der Waals surface area contributed by atoms with Crippen LogP contribution < -0.4 is 10.1 Å². The van der Waals surface area contributed by atoms with Crippen LogP contribution in [0.2, 0.25) is 0 Å². The minimum absolute atomic E-state index is 0.453. The van der Waals surface area contributed by atoms with Gasteiger partial charge in [0.1, 0.15) is 6.61 Å². The molecule has 1 heterocycles. The Kier molecular flexibility index (Phi) is 5.13. The largest absolute Gasteiger partial charge is 0.473 e. The maximum absolute atomic E-state index is 5.68. The Morgan fingerprint density at radius 2 is 2.10 bits per heavy atom. The first-order valence-corrected chi connectivity index (χ1v) is 7.06. The summed E-state index contributed by atoms with van der Waals surface area (Å²) < 4.78 is 5.68. The van der Waals surface area contributed by atoms with E-state index in [1.54, 1.807) is 0 Å².